The summed E-state index contributed by atoms with van der Waals surface area (Å²) in [4.78, 5) is 12.4. The third kappa shape index (κ3) is 3.00. The van der Waals surface area contributed by atoms with Crippen LogP contribution in [-0.4, -0.2) is 34.5 Å². The minimum absolute atomic E-state index is 0.407. The molecule has 1 N–H and O–H groups in total. The largest absolute Gasteiger partial charge is 0.314 e. The van der Waals surface area contributed by atoms with Gasteiger partial charge in [-0.3, -0.25) is 9.88 Å². The quantitative estimate of drug-likeness (QED) is 0.929. The number of aromatic nitrogens is 2. The Morgan fingerprint density at radius 3 is 3.16 bits per heavy atom. The van der Waals surface area contributed by atoms with E-state index in [1.54, 1.807) is 11.3 Å². The number of hydrogen-bond acceptors (Lipinski definition) is 5. The topological polar surface area (TPSA) is 41.1 Å². The van der Waals surface area contributed by atoms with E-state index in [1.165, 1.54) is 10.4 Å². The Balaban J connectivity index is 1.77. The van der Waals surface area contributed by atoms with E-state index in [1.807, 2.05) is 24.7 Å². The molecule has 0 bridgehead atoms. The van der Waals surface area contributed by atoms with Crippen LogP contribution in [0.1, 0.15) is 21.5 Å². The van der Waals surface area contributed by atoms with E-state index in [-0.39, 0.29) is 0 Å². The zero-order valence-electron chi connectivity index (χ0n) is 11.0. The minimum Gasteiger partial charge on any atom is -0.314 e. The van der Waals surface area contributed by atoms with Crippen molar-refractivity contribution in [2.45, 2.75) is 19.5 Å². The summed E-state index contributed by atoms with van der Waals surface area (Å²) >= 11 is 1.79. The van der Waals surface area contributed by atoms with Gasteiger partial charge in [0.25, 0.3) is 0 Å². The van der Waals surface area contributed by atoms with Crippen molar-refractivity contribution in [1.82, 2.24) is 20.2 Å². The molecule has 0 radical (unpaired) electrons. The van der Waals surface area contributed by atoms with Gasteiger partial charge < -0.3 is 5.32 Å². The number of hydrogen-bond donors (Lipinski definition) is 1. The number of aryl methyl sites for hydroxylation is 1. The summed E-state index contributed by atoms with van der Waals surface area (Å²) in [6, 6.07) is 4.58. The van der Waals surface area contributed by atoms with Crippen LogP contribution in [0.15, 0.2) is 30.7 Å². The van der Waals surface area contributed by atoms with Crippen molar-refractivity contribution in [3.63, 3.8) is 0 Å². The molecule has 4 nitrogen and oxygen atoms in total. The van der Waals surface area contributed by atoms with Gasteiger partial charge in [0.15, 0.2) is 0 Å². The van der Waals surface area contributed by atoms with Gasteiger partial charge in [-0.05, 0) is 18.6 Å². The van der Waals surface area contributed by atoms with Crippen molar-refractivity contribution in [1.29, 1.82) is 0 Å². The Hall–Kier alpha value is -1.30. The van der Waals surface area contributed by atoms with E-state index in [2.05, 4.69) is 33.2 Å². The summed E-state index contributed by atoms with van der Waals surface area (Å²) in [5, 5.41) is 4.61. The highest BCUT2D eigenvalue weighted by Crippen LogP contribution is 2.25. The molecule has 100 valence electrons. The molecular formula is C14H18N4S. The summed E-state index contributed by atoms with van der Waals surface area (Å²) < 4.78 is 0. The first-order valence-corrected chi connectivity index (χ1v) is 7.40. The first kappa shape index (κ1) is 12.7. The Labute approximate surface area is 117 Å². The molecule has 3 heterocycles. The number of rotatable bonds is 3. The SMILES string of the molecule is Cc1ncc(CN2CCNCC2c2cccnc2)s1. The van der Waals surface area contributed by atoms with Crippen molar-refractivity contribution in [2.24, 2.45) is 0 Å². The number of nitrogens with zero attached hydrogens (tertiary/aromatic N) is 3. The maximum Gasteiger partial charge on any atom is 0.0897 e. The van der Waals surface area contributed by atoms with Gasteiger partial charge in [-0.2, -0.15) is 0 Å². The van der Waals surface area contributed by atoms with E-state index in [0.29, 0.717) is 6.04 Å². The van der Waals surface area contributed by atoms with E-state index in [4.69, 9.17) is 0 Å². The van der Waals surface area contributed by atoms with Crippen molar-refractivity contribution in [3.8, 4) is 0 Å². The Bertz CT molecular complexity index is 525. The van der Waals surface area contributed by atoms with Gasteiger partial charge in [-0.15, -0.1) is 11.3 Å². The van der Waals surface area contributed by atoms with Crippen LogP contribution in [0.2, 0.25) is 0 Å². The van der Waals surface area contributed by atoms with Gasteiger partial charge in [0.05, 0.1) is 5.01 Å². The summed E-state index contributed by atoms with van der Waals surface area (Å²) in [6.07, 6.45) is 5.81. The first-order chi connectivity index (χ1) is 9.33. The van der Waals surface area contributed by atoms with Gasteiger partial charge in [-0.1, -0.05) is 6.07 Å². The monoisotopic (exact) mass is 274 g/mol. The molecule has 1 aliphatic rings. The fraction of sp³-hybridized carbons (Fsp3) is 0.429. The van der Waals surface area contributed by atoms with E-state index in [9.17, 15) is 0 Å². The van der Waals surface area contributed by atoms with Crippen LogP contribution in [0.5, 0.6) is 0 Å². The molecule has 3 rings (SSSR count). The summed E-state index contributed by atoms with van der Waals surface area (Å²) in [5.41, 5.74) is 1.29. The molecule has 0 amide bonds. The van der Waals surface area contributed by atoms with Crippen LogP contribution in [0, 0.1) is 6.92 Å². The Morgan fingerprint density at radius 2 is 2.42 bits per heavy atom. The predicted octanol–water partition coefficient (Wildman–Crippen LogP) is 1.99. The lowest BCUT2D eigenvalue weighted by molar-refractivity contribution is 0.155. The lowest BCUT2D eigenvalue weighted by atomic mass is 10.1. The predicted molar refractivity (Wildman–Crippen MR) is 77.1 cm³/mol. The average molecular weight is 274 g/mol. The van der Waals surface area contributed by atoms with Crippen LogP contribution in [0.3, 0.4) is 0 Å². The van der Waals surface area contributed by atoms with Gasteiger partial charge in [0, 0.05) is 55.7 Å². The molecule has 1 fully saturated rings. The van der Waals surface area contributed by atoms with Gasteiger partial charge >= 0.3 is 0 Å². The van der Waals surface area contributed by atoms with E-state index in [0.717, 1.165) is 31.2 Å². The average Bonchev–Trinajstić information content (AvgIpc) is 2.86. The van der Waals surface area contributed by atoms with Crippen LogP contribution in [-0.2, 0) is 6.54 Å². The maximum absolute atomic E-state index is 4.34. The number of nitrogens with one attached hydrogen (secondary N) is 1. The number of thiazole rings is 1. The van der Waals surface area contributed by atoms with E-state index >= 15 is 0 Å². The number of piperazine rings is 1. The van der Waals surface area contributed by atoms with E-state index < -0.39 is 0 Å². The molecule has 0 aliphatic carbocycles. The van der Waals surface area contributed by atoms with Crippen molar-refractivity contribution < 1.29 is 0 Å². The second-order valence-electron chi connectivity index (χ2n) is 4.82. The molecule has 1 atom stereocenters. The second kappa shape index (κ2) is 5.77. The van der Waals surface area contributed by atoms with Crippen LogP contribution < -0.4 is 5.32 Å². The smallest absolute Gasteiger partial charge is 0.0897 e. The molecule has 0 saturated carbocycles. The second-order valence-corrected chi connectivity index (χ2v) is 6.14. The first-order valence-electron chi connectivity index (χ1n) is 6.59. The molecule has 5 heteroatoms. The molecular weight excluding hydrogens is 256 g/mol. The summed E-state index contributed by atoms with van der Waals surface area (Å²) in [5.74, 6) is 0. The molecule has 1 unspecified atom stereocenters. The van der Waals surface area contributed by atoms with Crippen molar-refractivity contribution >= 4 is 11.3 Å². The highest BCUT2D eigenvalue weighted by Gasteiger charge is 2.24. The minimum atomic E-state index is 0.407. The molecule has 0 aromatic carbocycles. The normalized spacial score (nSPS) is 20.6. The lowest BCUT2D eigenvalue weighted by Crippen LogP contribution is -2.45. The Morgan fingerprint density at radius 1 is 1.47 bits per heavy atom. The fourth-order valence-corrected chi connectivity index (χ4v) is 3.34. The third-order valence-electron chi connectivity index (χ3n) is 3.45. The molecule has 1 saturated heterocycles. The van der Waals surface area contributed by atoms with Crippen LogP contribution in [0.25, 0.3) is 0 Å². The fourth-order valence-electron chi connectivity index (χ4n) is 2.52. The highest BCUT2D eigenvalue weighted by atomic mass is 32.1. The Kier molecular flexibility index (Phi) is 3.87. The zero-order valence-corrected chi connectivity index (χ0v) is 11.9. The highest BCUT2D eigenvalue weighted by molar-refractivity contribution is 7.11. The molecule has 19 heavy (non-hydrogen) atoms. The summed E-state index contributed by atoms with van der Waals surface area (Å²) in [7, 11) is 0. The molecule has 2 aromatic heterocycles. The van der Waals surface area contributed by atoms with Gasteiger partial charge in [0.2, 0.25) is 0 Å². The molecule has 1 aliphatic heterocycles. The van der Waals surface area contributed by atoms with Crippen LogP contribution >= 0.6 is 11.3 Å². The standard InChI is InChI=1S/C14H18N4S/c1-11-17-8-13(19-11)10-18-6-5-16-9-14(18)12-3-2-4-15-7-12/h2-4,7-8,14,16H,5-6,9-10H2,1H3. The lowest BCUT2D eigenvalue weighted by Gasteiger charge is -2.35. The van der Waals surface area contributed by atoms with Crippen LogP contribution in [0.4, 0.5) is 0 Å². The van der Waals surface area contributed by atoms with Gasteiger partial charge in [0.1, 0.15) is 0 Å². The molecule has 2 aromatic rings. The van der Waals surface area contributed by atoms with Crippen molar-refractivity contribution in [3.05, 3.63) is 46.2 Å². The third-order valence-corrected chi connectivity index (χ3v) is 4.35. The number of pyridine rings is 1. The maximum atomic E-state index is 4.34. The van der Waals surface area contributed by atoms with Crippen molar-refractivity contribution in [2.75, 3.05) is 19.6 Å². The molecule has 0 spiro atoms. The zero-order chi connectivity index (χ0) is 13.1. The van der Waals surface area contributed by atoms with Gasteiger partial charge in [-0.25, -0.2) is 4.98 Å². The summed E-state index contributed by atoms with van der Waals surface area (Å²) in [6.45, 7) is 6.14.